The van der Waals surface area contributed by atoms with Crippen molar-refractivity contribution in [3.63, 3.8) is 0 Å². The first-order chi connectivity index (χ1) is 29.7. The molecule has 60 heavy (non-hydrogen) atoms. The van der Waals surface area contributed by atoms with Gasteiger partial charge < -0.3 is 8.98 Å². The predicted molar refractivity (Wildman–Crippen MR) is 254 cm³/mol. The molecule has 0 fully saturated rings. The van der Waals surface area contributed by atoms with Gasteiger partial charge in [-0.1, -0.05) is 140 Å². The van der Waals surface area contributed by atoms with Gasteiger partial charge in [0.2, 0.25) is 0 Å². The third-order valence-corrected chi connectivity index (χ3v) is 14.4. The van der Waals surface area contributed by atoms with Crippen molar-refractivity contribution in [2.75, 3.05) is 0 Å². The van der Waals surface area contributed by atoms with Crippen LogP contribution in [0.3, 0.4) is 0 Å². The largest absolute Gasteiger partial charge is 0.456 e. The van der Waals surface area contributed by atoms with E-state index in [0.29, 0.717) is 0 Å². The van der Waals surface area contributed by atoms with Crippen LogP contribution in [0.25, 0.3) is 103 Å². The second-order valence-electron chi connectivity index (χ2n) is 16.4. The third kappa shape index (κ3) is 4.93. The minimum atomic E-state index is 0.160. The number of furan rings is 1. The second kappa shape index (κ2) is 12.9. The van der Waals surface area contributed by atoms with E-state index >= 15 is 0 Å². The highest BCUT2D eigenvalue weighted by molar-refractivity contribution is 7.26. The highest BCUT2D eigenvalue weighted by Gasteiger charge is 2.33. The van der Waals surface area contributed by atoms with Gasteiger partial charge in [0.1, 0.15) is 11.2 Å². The van der Waals surface area contributed by atoms with Crippen molar-refractivity contribution >= 4 is 75.3 Å². The van der Waals surface area contributed by atoms with Crippen LogP contribution in [0.5, 0.6) is 0 Å². The molecule has 0 bridgehead atoms. The van der Waals surface area contributed by atoms with Crippen molar-refractivity contribution in [1.29, 1.82) is 0 Å². The molecule has 1 aliphatic rings. The van der Waals surface area contributed by atoms with Gasteiger partial charge in [-0.3, -0.25) is 0 Å². The Morgan fingerprint density at radius 2 is 1.12 bits per heavy atom. The van der Waals surface area contributed by atoms with E-state index in [1.165, 1.54) is 97.7 Å². The van der Waals surface area contributed by atoms with Gasteiger partial charge in [0.15, 0.2) is 0 Å². The van der Waals surface area contributed by atoms with Crippen molar-refractivity contribution < 1.29 is 4.42 Å². The molecule has 3 heterocycles. The Morgan fingerprint density at radius 1 is 0.433 bits per heavy atom. The van der Waals surface area contributed by atoms with E-state index in [2.05, 4.69) is 200 Å². The third-order valence-electron chi connectivity index (χ3n) is 13.2. The number of aromatic nitrogens is 1. The number of para-hydroxylation sites is 3. The van der Waals surface area contributed by atoms with Crippen molar-refractivity contribution in [2.45, 2.75) is 18.8 Å². The minimum absolute atomic E-state index is 0.160. The average molecular weight is 784 g/mol. The van der Waals surface area contributed by atoms with Gasteiger partial charge in [-0.05, 0) is 117 Å². The molecule has 13 rings (SSSR count). The molecule has 12 aromatic rings. The lowest BCUT2D eigenvalue weighted by molar-refractivity contribution is 0.650. The van der Waals surface area contributed by atoms with Gasteiger partial charge in [-0.2, -0.15) is 0 Å². The molecule has 0 N–H and O–H groups in total. The van der Waals surface area contributed by atoms with Crippen molar-refractivity contribution in [1.82, 2.24) is 4.57 Å². The molecule has 282 valence electrons. The predicted octanol–water partition coefficient (Wildman–Crippen LogP) is 16.3. The number of benzene rings is 9. The normalized spacial score (nSPS) is 15.1. The van der Waals surface area contributed by atoms with Crippen LogP contribution < -0.4 is 0 Å². The maximum atomic E-state index is 6.29. The van der Waals surface area contributed by atoms with E-state index in [9.17, 15) is 0 Å². The number of hydrogen-bond acceptors (Lipinski definition) is 2. The van der Waals surface area contributed by atoms with Crippen molar-refractivity contribution in [2.24, 2.45) is 0 Å². The molecule has 0 aliphatic heterocycles. The number of rotatable bonds is 4. The Bertz CT molecular complexity index is 3700. The molecule has 0 radical (unpaired) electrons. The smallest absolute Gasteiger partial charge is 0.135 e. The first-order valence-corrected chi connectivity index (χ1v) is 21.7. The summed E-state index contributed by atoms with van der Waals surface area (Å²) in [6.07, 6.45) is 0. The van der Waals surface area contributed by atoms with E-state index in [-0.39, 0.29) is 11.8 Å². The van der Waals surface area contributed by atoms with Gasteiger partial charge in [0.05, 0.1) is 11.0 Å². The standard InChI is InChI=1S/C57H37NOS/c1-34-47-29-35(36-24-27-43-42-16-7-10-20-51(42)58(52(43)33-36)39-13-3-2-4-14-39)23-26-41(47)40-15-5-6-19-46(40)56(34)38-31-48(57-50(32-38)45-18-9-12-22-55(45)60-57)37-25-28-54-49(30-37)44-17-8-11-21-53(44)59-54/h2-34,56H,1H3. The number of fused-ring (bicyclic) bond motifs is 12. The highest BCUT2D eigenvalue weighted by atomic mass is 32.1. The summed E-state index contributed by atoms with van der Waals surface area (Å²) in [7, 11) is 0. The summed E-state index contributed by atoms with van der Waals surface area (Å²) >= 11 is 1.90. The summed E-state index contributed by atoms with van der Waals surface area (Å²) in [5.41, 5.74) is 17.2. The van der Waals surface area contributed by atoms with Crippen LogP contribution >= 0.6 is 11.3 Å². The lowest BCUT2D eigenvalue weighted by Crippen LogP contribution is -2.17. The molecule has 2 atom stereocenters. The zero-order chi connectivity index (χ0) is 39.5. The van der Waals surface area contributed by atoms with Crippen molar-refractivity contribution in [3.05, 3.63) is 211 Å². The summed E-state index contributed by atoms with van der Waals surface area (Å²) in [5.74, 6) is 0.386. The Kier molecular flexibility index (Phi) is 7.25. The fourth-order valence-electron chi connectivity index (χ4n) is 10.4. The lowest BCUT2D eigenvalue weighted by Gasteiger charge is -2.35. The molecule has 3 aromatic heterocycles. The van der Waals surface area contributed by atoms with Gasteiger partial charge in [0.25, 0.3) is 0 Å². The van der Waals surface area contributed by atoms with Crippen molar-refractivity contribution in [3.8, 4) is 39.1 Å². The van der Waals surface area contributed by atoms with Crippen LogP contribution in [-0.2, 0) is 0 Å². The number of hydrogen-bond donors (Lipinski definition) is 0. The van der Waals surface area contributed by atoms with E-state index in [4.69, 9.17) is 4.42 Å². The second-order valence-corrected chi connectivity index (χ2v) is 17.5. The van der Waals surface area contributed by atoms with E-state index < -0.39 is 0 Å². The first kappa shape index (κ1) is 33.7. The molecule has 0 saturated carbocycles. The number of thiophene rings is 1. The molecular weight excluding hydrogens is 747 g/mol. The fourth-order valence-corrected chi connectivity index (χ4v) is 11.7. The minimum Gasteiger partial charge on any atom is -0.456 e. The molecule has 1 aliphatic carbocycles. The van der Waals surface area contributed by atoms with Crippen LogP contribution in [-0.4, -0.2) is 4.57 Å². The van der Waals surface area contributed by atoms with Crippen LogP contribution in [0.1, 0.15) is 35.4 Å². The zero-order valence-electron chi connectivity index (χ0n) is 32.9. The van der Waals surface area contributed by atoms with E-state index in [1.807, 2.05) is 17.4 Å². The molecule has 3 heteroatoms. The summed E-state index contributed by atoms with van der Waals surface area (Å²) in [6, 6.07) is 71.9. The Morgan fingerprint density at radius 3 is 2.03 bits per heavy atom. The quantitative estimate of drug-likeness (QED) is 0.174. The maximum absolute atomic E-state index is 6.29. The van der Waals surface area contributed by atoms with Crippen LogP contribution in [0.2, 0.25) is 0 Å². The van der Waals surface area contributed by atoms with Gasteiger partial charge in [0, 0.05) is 53.3 Å². The molecule has 0 spiro atoms. The molecule has 9 aromatic carbocycles. The summed E-state index contributed by atoms with van der Waals surface area (Å²) in [6.45, 7) is 2.44. The van der Waals surface area contributed by atoms with Crippen LogP contribution in [0.4, 0.5) is 0 Å². The first-order valence-electron chi connectivity index (χ1n) is 20.9. The lowest BCUT2D eigenvalue weighted by atomic mass is 9.69. The number of nitrogens with zero attached hydrogens (tertiary/aromatic N) is 1. The fraction of sp³-hybridized carbons (Fsp3) is 0.0526. The van der Waals surface area contributed by atoms with Crippen LogP contribution in [0.15, 0.2) is 199 Å². The van der Waals surface area contributed by atoms with Gasteiger partial charge >= 0.3 is 0 Å². The molecule has 0 amide bonds. The summed E-state index contributed by atoms with van der Waals surface area (Å²) < 4.78 is 11.3. The van der Waals surface area contributed by atoms with E-state index in [1.54, 1.807) is 0 Å². The molecule has 2 unspecified atom stereocenters. The highest BCUT2D eigenvalue weighted by Crippen LogP contribution is 2.53. The topological polar surface area (TPSA) is 18.1 Å². The average Bonchev–Trinajstić information content (AvgIpc) is 3.98. The molecular formula is C57H37NOS. The van der Waals surface area contributed by atoms with Crippen LogP contribution in [0, 0.1) is 0 Å². The zero-order valence-corrected chi connectivity index (χ0v) is 33.7. The summed E-state index contributed by atoms with van der Waals surface area (Å²) in [4.78, 5) is 0. The molecule has 0 saturated heterocycles. The Balaban J connectivity index is 0.996. The van der Waals surface area contributed by atoms with Gasteiger partial charge in [-0.25, -0.2) is 0 Å². The SMILES string of the molecule is CC1c2cc(-c3ccc4c5ccccc5n(-c5ccccc5)c4c3)ccc2-c2ccccc2C1c1cc(-c2ccc3oc4ccccc4c3c2)c2sc3ccccc3c2c1. The Hall–Kier alpha value is -7.20. The Labute approximate surface area is 351 Å². The van der Waals surface area contributed by atoms with E-state index in [0.717, 1.165) is 21.9 Å². The maximum Gasteiger partial charge on any atom is 0.135 e. The summed E-state index contributed by atoms with van der Waals surface area (Å²) in [5, 5.41) is 7.49. The van der Waals surface area contributed by atoms with Gasteiger partial charge in [-0.15, -0.1) is 11.3 Å². The molecule has 2 nitrogen and oxygen atoms in total. The monoisotopic (exact) mass is 783 g/mol.